The van der Waals surface area contributed by atoms with Gasteiger partial charge in [-0.1, -0.05) is 19.9 Å². The fraction of sp³-hybridized carbons (Fsp3) is 0.600. The standard InChI is InChI=1S/C20H31N3O2/c1-3-11-23(12-4-2)20(25)17-9-8-10-18(15-17)21-16-19(24)22-13-6-5-7-14-22/h8-10,15,21H,3-7,11-14,16H2,1-2H3. The minimum Gasteiger partial charge on any atom is -0.376 e. The first-order valence-corrected chi connectivity index (χ1v) is 9.56. The minimum atomic E-state index is 0.0645. The Hall–Kier alpha value is -2.04. The topological polar surface area (TPSA) is 52.7 Å². The molecule has 2 rings (SSSR count). The molecule has 1 aromatic rings. The molecule has 0 bridgehead atoms. The SMILES string of the molecule is CCCN(CCC)C(=O)c1cccc(NCC(=O)N2CCCCC2)c1. The number of carbonyl (C=O) groups is 2. The largest absolute Gasteiger partial charge is 0.376 e. The maximum atomic E-state index is 12.7. The van der Waals surface area contributed by atoms with Gasteiger partial charge in [0.05, 0.1) is 6.54 Å². The summed E-state index contributed by atoms with van der Waals surface area (Å²) in [4.78, 5) is 28.8. The number of carbonyl (C=O) groups excluding carboxylic acids is 2. The second-order valence-corrected chi connectivity index (χ2v) is 6.67. The smallest absolute Gasteiger partial charge is 0.253 e. The molecule has 0 unspecified atom stereocenters. The van der Waals surface area contributed by atoms with E-state index in [1.165, 1.54) is 6.42 Å². The molecule has 1 N–H and O–H groups in total. The van der Waals surface area contributed by atoms with Crippen molar-refractivity contribution >= 4 is 17.5 Å². The number of benzene rings is 1. The highest BCUT2D eigenvalue weighted by Crippen LogP contribution is 2.14. The molecular weight excluding hydrogens is 314 g/mol. The van der Waals surface area contributed by atoms with Gasteiger partial charge in [0.2, 0.25) is 5.91 Å². The summed E-state index contributed by atoms with van der Waals surface area (Å²) in [5.74, 6) is 0.199. The third kappa shape index (κ3) is 5.76. The van der Waals surface area contributed by atoms with E-state index in [9.17, 15) is 9.59 Å². The van der Waals surface area contributed by atoms with E-state index in [1.807, 2.05) is 34.1 Å². The van der Waals surface area contributed by atoms with E-state index >= 15 is 0 Å². The first-order valence-electron chi connectivity index (χ1n) is 9.56. The predicted molar refractivity (Wildman–Crippen MR) is 102 cm³/mol. The second-order valence-electron chi connectivity index (χ2n) is 6.67. The molecule has 0 aromatic heterocycles. The van der Waals surface area contributed by atoms with Crippen molar-refractivity contribution in [2.45, 2.75) is 46.0 Å². The number of nitrogens with one attached hydrogen (secondary N) is 1. The van der Waals surface area contributed by atoms with Gasteiger partial charge < -0.3 is 15.1 Å². The van der Waals surface area contributed by atoms with Gasteiger partial charge in [-0.15, -0.1) is 0 Å². The average Bonchev–Trinajstić information content (AvgIpc) is 2.66. The van der Waals surface area contributed by atoms with Crippen molar-refractivity contribution < 1.29 is 9.59 Å². The van der Waals surface area contributed by atoms with Crippen molar-refractivity contribution in [1.29, 1.82) is 0 Å². The molecular formula is C20H31N3O2. The lowest BCUT2D eigenvalue weighted by Crippen LogP contribution is -2.39. The van der Waals surface area contributed by atoms with Crippen LogP contribution in [0.5, 0.6) is 0 Å². The number of piperidine rings is 1. The molecule has 25 heavy (non-hydrogen) atoms. The van der Waals surface area contributed by atoms with E-state index in [2.05, 4.69) is 19.2 Å². The Bertz CT molecular complexity index is 562. The van der Waals surface area contributed by atoms with E-state index in [1.54, 1.807) is 0 Å². The molecule has 1 fully saturated rings. The molecule has 0 atom stereocenters. The number of rotatable bonds is 8. The highest BCUT2D eigenvalue weighted by molar-refractivity contribution is 5.95. The Kier molecular flexibility index (Phi) is 7.76. The predicted octanol–water partition coefficient (Wildman–Crippen LogP) is 3.37. The van der Waals surface area contributed by atoms with Gasteiger partial charge >= 0.3 is 0 Å². The van der Waals surface area contributed by atoms with E-state index in [4.69, 9.17) is 0 Å². The molecule has 1 aliphatic rings. The van der Waals surface area contributed by atoms with Crippen molar-refractivity contribution in [3.8, 4) is 0 Å². The monoisotopic (exact) mass is 345 g/mol. The lowest BCUT2D eigenvalue weighted by Gasteiger charge is -2.27. The summed E-state index contributed by atoms with van der Waals surface area (Å²) in [5, 5.41) is 3.18. The highest BCUT2D eigenvalue weighted by Gasteiger charge is 2.17. The quantitative estimate of drug-likeness (QED) is 0.786. The van der Waals surface area contributed by atoms with Crippen LogP contribution < -0.4 is 5.32 Å². The molecule has 5 heteroatoms. The van der Waals surface area contributed by atoms with Gasteiger partial charge in [-0.2, -0.15) is 0 Å². The maximum Gasteiger partial charge on any atom is 0.253 e. The van der Waals surface area contributed by atoms with Crippen molar-refractivity contribution in [2.24, 2.45) is 0 Å². The number of amides is 2. The Labute approximate surface area is 151 Å². The lowest BCUT2D eigenvalue weighted by atomic mass is 10.1. The number of anilines is 1. The molecule has 1 aliphatic heterocycles. The molecule has 1 heterocycles. The zero-order valence-corrected chi connectivity index (χ0v) is 15.6. The van der Waals surface area contributed by atoms with E-state index in [0.29, 0.717) is 5.56 Å². The van der Waals surface area contributed by atoms with Crippen molar-refractivity contribution in [3.63, 3.8) is 0 Å². The first-order chi connectivity index (χ1) is 12.2. The van der Waals surface area contributed by atoms with Crippen LogP contribution in [0.25, 0.3) is 0 Å². The summed E-state index contributed by atoms with van der Waals surface area (Å²) in [6.45, 7) is 7.73. The minimum absolute atomic E-state index is 0.0645. The summed E-state index contributed by atoms with van der Waals surface area (Å²) >= 11 is 0. The van der Waals surface area contributed by atoms with Crippen LogP contribution in [-0.4, -0.2) is 54.3 Å². The van der Waals surface area contributed by atoms with Crippen LogP contribution >= 0.6 is 0 Å². The van der Waals surface area contributed by atoms with E-state index < -0.39 is 0 Å². The molecule has 0 aliphatic carbocycles. The second kappa shape index (κ2) is 10.1. The van der Waals surface area contributed by atoms with Crippen LogP contribution in [0, 0.1) is 0 Å². The van der Waals surface area contributed by atoms with Crippen molar-refractivity contribution in [2.75, 3.05) is 38.0 Å². The third-order valence-corrected chi connectivity index (χ3v) is 4.54. The zero-order chi connectivity index (χ0) is 18.1. The Morgan fingerprint density at radius 1 is 1.08 bits per heavy atom. The molecule has 138 valence electrons. The highest BCUT2D eigenvalue weighted by atomic mass is 16.2. The van der Waals surface area contributed by atoms with Crippen LogP contribution in [0.1, 0.15) is 56.3 Å². The number of likely N-dealkylation sites (tertiary alicyclic amines) is 1. The number of hydrogen-bond donors (Lipinski definition) is 1. The van der Waals surface area contributed by atoms with Gasteiger partial charge in [0.25, 0.3) is 5.91 Å². The number of nitrogens with zero attached hydrogens (tertiary/aromatic N) is 2. The Balaban J connectivity index is 1.95. The van der Waals surface area contributed by atoms with Crippen molar-refractivity contribution in [3.05, 3.63) is 29.8 Å². The van der Waals surface area contributed by atoms with Crippen LogP contribution in [0.15, 0.2) is 24.3 Å². The summed E-state index contributed by atoms with van der Waals surface area (Å²) in [7, 11) is 0. The van der Waals surface area contributed by atoms with E-state index in [0.717, 1.165) is 57.5 Å². The molecule has 1 saturated heterocycles. The molecule has 0 spiro atoms. The van der Waals surface area contributed by atoms with Crippen LogP contribution in [0.3, 0.4) is 0 Å². The molecule has 5 nitrogen and oxygen atoms in total. The fourth-order valence-corrected chi connectivity index (χ4v) is 3.23. The summed E-state index contributed by atoms with van der Waals surface area (Å²) in [5.41, 5.74) is 1.50. The summed E-state index contributed by atoms with van der Waals surface area (Å²) in [6, 6.07) is 7.48. The van der Waals surface area contributed by atoms with Gasteiger partial charge in [0, 0.05) is 37.4 Å². The Morgan fingerprint density at radius 2 is 1.76 bits per heavy atom. The van der Waals surface area contributed by atoms with E-state index in [-0.39, 0.29) is 18.4 Å². The van der Waals surface area contributed by atoms with Crippen LogP contribution in [0.4, 0.5) is 5.69 Å². The third-order valence-electron chi connectivity index (χ3n) is 4.54. The molecule has 1 aromatic carbocycles. The van der Waals surface area contributed by atoms with Gasteiger partial charge in [-0.05, 0) is 50.3 Å². The summed E-state index contributed by atoms with van der Waals surface area (Å²) in [6.07, 6.45) is 5.32. The lowest BCUT2D eigenvalue weighted by molar-refractivity contribution is -0.130. The maximum absolute atomic E-state index is 12.7. The average molecular weight is 345 g/mol. The Morgan fingerprint density at radius 3 is 2.40 bits per heavy atom. The fourth-order valence-electron chi connectivity index (χ4n) is 3.23. The van der Waals surface area contributed by atoms with Gasteiger partial charge in [0.1, 0.15) is 0 Å². The van der Waals surface area contributed by atoms with Gasteiger partial charge in [0.15, 0.2) is 0 Å². The molecule has 0 radical (unpaired) electrons. The zero-order valence-electron chi connectivity index (χ0n) is 15.6. The van der Waals surface area contributed by atoms with Crippen LogP contribution in [-0.2, 0) is 4.79 Å². The van der Waals surface area contributed by atoms with Crippen molar-refractivity contribution in [1.82, 2.24) is 9.80 Å². The number of hydrogen-bond acceptors (Lipinski definition) is 3. The van der Waals surface area contributed by atoms with Gasteiger partial charge in [-0.3, -0.25) is 9.59 Å². The molecule has 0 saturated carbocycles. The first kappa shape index (κ1) is 19.3. The summed E-state index contributed by atoms with van der Waals surface area (Å²) < 4.78 is 0. The molecule has 2 amide bonds. The normalized spacial score (nSPS) is 14.2. The van der Waals surface area contributed by atoms with Crippen LogP contribution in [0.2, 0.25) is 0 Å². The van der Waals surface area contributed by atoms with Gasteiger partial charge in [-0.25, -0.2) is 0 Å².